The fourth-order valence-electron chi connectivity index (χ4n) is 4.17. The lowest BCUT2D eigenvalue weighted by molar-refractivity contribution is 0.0292. The number of hydrogen-bond donors (Lipinski definition) is 0. The SMILES string of the molecule is CC(C)(C)OC(=O)N1CCC(N2CC3CC3c3cc(Cl)cc(Br)c32)C1. The molecule has 136 valence electrons. The lowest BCUT2D eigenvalue weighted by Crippen LogP contribution is -2.43. The number of fused-ring (bicyclic) bond motifs is 3. The zero-order valence-corrected chi connectivity index (χ0v) is 17.2. The molecule has 0 aromatic heterocycles. The second-order valence-corrected chi connectivity index (χ2v) is 9.74. The number of carbonyl (C=O) groups excluding carboxylic acids is 1. The minimum atomic E-state index is -0.450. The van der Waals surface area contributed by atoms with E-state index >= 15 is 0 Å². The number of halogens is 2. The number of amides is 1. The molecule has 0 radical (unpaired) electrons. The molecular formula is C19H24BrClN2O2. The van der Waals surface area contributed by atoms with Crippen LogP contribution < -0.4 is 4.90 Å². The average molecular weight is 428 g/mol. The summed E-state index contributed by atoms with van der Waals surface area (Å²) in [5.74, 6) is 1.39. The van der Waals surface area contributed by atoms with Gasteiger partial charge < -0.3 is 14.5 Å². The molecule has 1 saturated carbocycles. The Morgan fingerprint density at radius 2 is 2.08 bits per heavy atom. The lowest BCUT2D eigenvalue weighted by atomic mass is 9.99. The number of nitrogens with zero attached hydrogens (tertiary/aromatic N) is 2. The van der Waals surface area contributed by atoms with Gasteiger partial charge in [0.25, 0.3) is 0 Å². The van der Waals surface area contributed by atoms with Crippen LogP contribution in [-0.4, -0.2) is 42.3 Å². The molecule has 3 atom stereocenters. The molecule has 3 aliphatic rings. The summed E-state index contributed by atoms with van der Waals surface area (Å²) in [5, 5.41) is 0.792. The zero-order valence-electron chi connectivity index (χ0n) is 14.9. The molecule has 1 aromatic rings. The van der Waals surface area contributed by atoms with Gasteiger partial charge in [0.15, 0.2) is 0 Å². The first-order valence-electron chi connectivity index (χ1n) is 8.96. The summed E-state index contributed by atoms with van der Waals surface area (Å²) in [4.78, 5) is 16.7. The largest absolute Gasteiger partial charge is 0.444 e. The van der Waals surface area contributed by atoms with E-state index < -0.39 is 5.60 Å². The number of ether oxygens (including phenoxy) is 1. The Balaban J connectivity index is 1.54. The van der Waals surface area contributed by atoms with Crippen LogP contribution in [0.5, 0.6) is 0 Å². The Kier molecular flexibility index (Phi) is 4.23. The third kappa shape index (κ3) is 3.37. The lowest BCUT2D eigenvalue weighted by Gasteiger charge is -2.37. The second-order valence-electron chi connectivity index (χ2n) is 8.45. The molecule has 25 heavy (non-hydrogen) atoms. The van der Waals surface area contributed by atoms with Crippen molar-refractivity contribution in [3.8, 4) is 0 Å². The molecule has 0 spiro atoms. The molecule has 0 bridgehead atoms. The van der Waals surface area contributed by atoms with Crippen molar-refractivity contribution in [2.45, 2.75) is 51.2 Å². The van der Waals surface area contributed by atoms with Gasteiger partial charge in [0, 0.05) is 35.2 Å². The fraction of sp³-hybridized carbons (Fsp3) is 0.632. The third-order valence-corrected chi connectivity index (χ3v) is 6.18. The summed E-state index contributed by atoms with van der Waals surface area (Å²) in [6, 6.07) is 4.45. The summed E-state index contributed by atoms with van der Waals surface area (Å²) in [6.07, 6.45) is 2.02. The van der Waals surface area contributed by atoms with E-state index in [4.69, 9.17) is 16.3 Å². The van der Waals surface area contributed by atoms with Crippen LogP contribution in [0.4, 0.5) is 10.5 Å². The van der Waals surface area contributed by atoms with Gasteiger partial charge in [0.1, 0.15) is 5.60 Å². The van der Waals surface area contributed by atoms with Crippen molar-refractivity contribution in [3.05, 3.63) is 27.2 Å². The van der Waals surface area contributed by atoms with Crippen molar-refractivity contribution in [1.29, 1.82) is 0 Å². The average Bonchev–Trinajstić information content (AvgIpc) is 3.10. The predicted octanol–water partition coefficient (Wildman–Crippen LogP) is 5.04. The molecule has 1 aliphatic carbocycles. The standard InChI is InChI=1S/C19H24BrClN2O2/c1-19(2,3)25-18(24)22-5-4-13(10-22)23-9-11-6-14(11)15-7-12(21)8-16(20)17(15)23/h7-8,11,13-14H,4-6,9-10H2,1-3H3. The Labute approximate surface area is 162 Å². The number of rotatable bonds is 1. The smallest absolute Gasteiger partial charge is 0.410 e. The van der Waals surface area contributed by atoms with Crippen molar-refractivity contribution in [2.24, 2.45) is 5.92 Å². The van der Waals surface area contributed by atoms with E-state index in [2.05, 4.69) is 26.9 Å². The molecule has 2 aliphatic heterocycles. The van der Waals surface area contributed by atoms with Gasteiger partial charge in [0.2, 0.25) is 0 Å². The van der Waals surface area contributed by atoms with Crippen molar-refractivity contribution < 1.29 is 9.53 Å². The van der Waals surface area contributed by atoms with Crippen LogP contribution in [0.3, 0.4) is 0 Å². The van der Waals surface area contributed by atoms with Crippen LogP contribution in [0, 0.1) is 5.92 Å². The number of benzene rings is 1. The summed E-state index contributed by atoms with van der Waals surface area (Å²) < 4.78 is 6.60. The molecule has 1 saturated heterocycles. The van der Waals surface area contributed by atoms with E-state index in [1.165, 1.54) is 17.7 Å². The van der Waals surface area contributed by atoms with Crippen LogP contribution in [0.2, 0.25) is 5.02 Å². The van der Waals surface area contributed by atoms with E-state index in [9.17, 15) is 4.79 Å². The van der Waals surface area contributed by atoms with Crippen molar-refractivity contribution in [3.63, 3.8) is 0 Å². The van der Waals surface area contributed by atoms with Crippen LogP contribution in [0.25, 0.3) is 0 Å². The Hall–Kier alpha value is -0.940. The van der Waals surface area contributed by atoms with Crippen LogP contribution in [0.1, 0.15) is 45.1 Å². The molecular weight excluding hydrogens is 404 g/mol. The van der Waals surface area contributed by atoms with Crippen LogP contribution in [0.15, 0.2) is 16.6 Å². The number of hydrogen-bond acceptors (Lipinski definition) is 3. The highest BCUT2D eigenvalue weighted by Crippen LogP contribution is 2.57. The van der Waals surface area contributed by atoms with Crippen molar-refractivity contribution in [1.82, 2.24) is 4.90 Å². The molecule has 0 N–H and O–H groups in total. The van der Waals surface area contributed by atoms with Gasteiger partial charge in [-0.05, 0) is 79.1 Å². The van der Waals surface area contributed by atoms with Gasteiger partial charge in [-0.2, -0.15) is 0 Å². The number of carbonyl (C=O) groups is 1. The van der Waals surface area contributed by atoms with Crippen molar-refractivity contribution in [2.75, 3.05) is 24.5 Å². The molecule has 4 nitrogen and oxygen atoms in total. The van der Waals surface area contributed by atoms with Crippen LogP contribution >= 0.6 is 27.5 Å². The molecule has 1 aromatic carbocycles. The summed E-state index contributed by atoms with van der Waals surface area (Å²) >= 11 is 10.0. The van der Waals surface area contributed by atoms with Gasteiger partial charge >= 0.3 is 6.09 Å². The number of likely N-dealkylation sites (tertiary alicyclic amines) is 1. The van der Waals surface area contributed by atoms with E-state index in [1.807, 2.05) is 31.7 Å². The Morgan fingerprint density at radius 1 is 1.32 bits per heavy atom. The minimum absolute atomic E-state index is 0.202. The Bertz CT molecular complexity index is 718. The molecule has 6 heteroatoms. The first-order chi connectivity index (χ1) is 11.7. The third-order valence-electron chi connectivity index (χ3n) is 5.35. The van der Waals surface area contributed by atoms with Crippen LogP contribution in [-0.2, 0) is 4.74 Å². The van der Waals surface area contributed by atoms with Gasteiger partial charge in [-0.25, -0.2) is 4.79 Å². The molecule has 4 rings (SSSR count). The summed E-state index contributed by atoms with van der Waals surface area (Å²) in [5.41, 5.74) is 2.19. The highest BCUT2D eigenvalue weighted by molar-refractivity contribution is 9.10. The topological polar surface area (TPSA) is 32.8 Å². The molecule has 2 heterocycles. The second kappa shape index (κ2) is 6.05. The van der Waals surface area contributed by atoms with E-state index in [0.717, 1.165) is 41.5 Å². The van der Waals surface area contributed by atoms with Gasteiger partial charge in [-0.3, -0.25) is 0 Å². The molecule has 3 unspecified atom stereocenters. The van der Waals surface area contributed by atoms with Gasteiger partial charge in [-0.1, -0.05) is 11.6 Å². The predicted molar refractivity (Wildman–Crippen MR) is 104 cm³/mol. The summed E-state index contributed by atoms with van der Waals surface area (Å²) in [6.45, 7) is 8.28. The van der Waals surface area contributed by atoms with E-state index in [0.29, 0.717) is 12.0 Å². The molecule has 1 amide bonds. The first kappa shape index (κ1) is 17.5. The monoisotopic (exact) mass is 426 g/mol. The minimum Gasteiger partial charge on any atom is -0.444 e. The van der Waals surface area contributed by atoms with Crippen molar-refractivity contribution >= 4 is 39.3 Å². The Morgan fingerprint density at radius 3 is 2.80 bits per heavy atom. The maximum absolute atomic E-state index is 12.4. The quantitative estimate of drug-likeness (QED) is 0.630. The van der Waals surface area contributed by atoms with E-state index in [1.54, 1.807) is 0 Å². The first-order valence-corrected chi connectivity index (χ1v) is 10.1. The summed E-state index contributed by atoms with van der Waals surface area (Å²) in [7, 11) is 0. The van der Waals surface area contributed by atoms with Gasteiger partial charge in [-0.15, -0.1) is 0 Å². The highest BCUT2D eigenvalue weighted by Gasteiger charge is 2.48. The molecule has 2 fully saturated rings. The zero-order chi connectivity index (χ0) is 17.9. The normalized spacial score (nSPS) is 27.8. The number of anilines is 1. The highest BCUT2D eigenvalue weighted by atomic mass is 79.9. The van der Waals surface area contributed by atoms with E-state index in [-0.39, 0.29) is 6.09 Å². The fourth-order valence-corrected chi connectivity index (χ4v) is 5.23. The van der Waals surface area contributed by atoms with Gasteiger partial charge in [0.05, 0.1) is 5.69 Å². The maximum atomic E-state index is 12.4. The maximum Gasteiger partial charge on any atom is 0.410 e.